The van der Waals surface area contributed by atoms with Crippen molar-refractivity contribution in [2.75, 3.05) is 25.6 Å². The van der Waals surface area contributed by atoms with Gasteiger partial charge in [-0.25, -0.2) is 0 Å². The average Bonchev–Trinajstić information content (AvgIpc) is 2.92. The van der Waals surface area contributed by atoms with E-state index < -0.39 is 0 Å². The first-order valence-electron chi connectivity index (χ1n) is 9.01. The van der Waals surface area contributed by atoms with Crippen LogP contribution in [-0.4, -0.2) is 40.3 Å². The maximum absolute atomic E-state index is 5.88. The van der Waals surface area contributed by atoms with Crippen molar-refractivity contribution in [1.29, 1.82) is 0 Å². The summed E-state index contributed by atoms with van der Waals surface area (Å²) in [7, 11) is 1.96. The summed E-state index contributed by atoms with van der Waals surface area (Å²) in [6.07, 6.45) is 0.882. The van der Waals surface area contributed by atoms with Crippen LogP contribution in [0.3, 0.4) is 0 Å². The van der Waals surface area contributed by atoms with Crippen LogP contribution in [0.5, 0.6) is 17.2 Å². The smallest absolute Gasteiger partial charge is 0.191 e. The summed E-state index contributed by atoms with van der Waals surface area (Å²) in [5.41, 5.74) is 0.948. The van der Waals surface area contributed by atoms with E-state index in [2.05, 4.69) is 10.2 Å². The van der Waals surface area contributed by atoms with E-state index in [1.807, 2.05) is 54.1 Å². The van der Waals surface area contributed by atoms with Crippen LogP contribution in [-0.2, 0) is 7.05 Å². The topological polar surface area (TPSA) is 58.4 Å². The lowest BCUT2D eigenvalue weighted by atomic mass is 10.2. The molecule has 0 spiro atoms. The summed E-state index contributed by atoms with van der Waals surface area (Å²) < 4.78 is 19.2. The molecule has 1 aromatic heterocycles. The van der Waals surface area contributed by atoms with Crippen LogP contribution < -0.4 is 14.2 Å². The number of fused-ring (bicyclic) bond motifs is 1. The fourth-order valence-electron chi connectivity index (χ4n) is 2.82. The largest absolute Gasteiger partial charge is 0.493 e. The van der Waals surface area contributed by atoms with Gasteiger partial charge in [0.05, 0.1) is 19.8 Å². The van der Waals surface area contributed by atoms with Crippen LogP contribution >= 0.6 is 23.4 Å². The maximum atomic E-state index is 5.88. The van der Waals surface area contributed by atoms with Gasteiger partial charge in [0.15, 0.2) is 22.5 Å². The van der Waals surface area contributed by atoms with E-state index in [1.54, 1.807) is 11.8 Å². The molecule has 0 atom stereocenters. The Balaban J connectivity index is 1.39. The first-order chi connectivity index (χ1) is 13.7. The quantitative estimate of drug-likeness (QED) is 0.435. The Morgan fingerprint density at radius 1 is 1.07 bits per heavy atom. The van der Waals surface area contributed by atoms with Gasteiger partial charge < -0.3 is 18.8 Å². The van der Waals surface area contributed by atoms with Crippen LogP contribution in [0.4, 0.5) is 0 Å². The fourth-order valence-corrected chi connectivity index (χ4v) is 3.67. The number of nitrogens with zero attached hydrogens (tertiary/aromatic N) is 3. The zero-order valence-electron chi connectivity index (χ0n) is 15.4. The lowest BCUT2D eigenvalue weighted by Gasteiger charge is -2.09. The number of halogens is 1. The van der Waals surface area contributed by atoms with Crippen LogP contribution in [0.25, 0.3) is 11.4 Å². The normalized spacial score (nSPS) is 13.2. The number of thioether (sulfide) groups is 1. The Labute approximate surface area is 172 Å². The van der Waals surface area contributed by atoms with Crippen molar-refractivity contribution >= 4 is 23.4 Å². The van der Waals surface area contributed by atoms with Crippen molar-refractivity contribution in [3.05, 3.63) is 47.5 Å². The highest BCUT2D eigenvalue weighted by Crippen LogP contribution is 2.34. The van der Waals surface area contributed by atoms with Crippen LogP contribution in [0.1, 0.15) is 6.42 Å². The van der Waals surface area contributed by atoms with E-state index in [0.29, 0.717) is 24.8 Å². The molecular formula is C20H20ClN3O3S. The Morgan fingerprint density at radius 2 is 1.86 bits per heavy atom. The molecule has 0 fully saturated rings. The second-order valence-electron chi connectivity index (χ2n) is 6.23. The predicted molar refractivity (Wildman–Crippen MR) is 110 cm³/mol. The summed E-state index contributed by atoms with van der Waals surface area (Å²) in [5.74, 6) is 3.88. The van der Waals surface area contributed by atoms with Crippen molar-refractivity contribution in [1.82, 2.24) is 14.8 Å². The maximum Gasteiger partial charge on any atom is 0.191 e. The molecular weight excluding hydrogens is 398 g/mol. The Morgan fingerprint density at radius 3 is 2.68 bits per heavy atom. The molecule has 2 aromatic carbocycles. The molecule has 146 valence electrons. The molecule has 2 heterocycles. The van der Waals surface area contributed by atoms with E-state index in [9.17, 15) is 0 Å². The molecule has 0 saturated carbocycles. The molecule has 0 N–H and O–H groups in total. The van der Waals surface area contributed by atoms with Crippen molar-refractivity contribution < 1.29 is 14.2 Å². The second-order valence-corrected chi connectivity index (χ2v) is 7.73. The lowest BCUT2D eigenvalue weighted by molar-refractivity contribution is 0.297. The molecule has 0 aliphatic carbocycles. The van der Waals surface area contributed by atoms with Gasteiger partial charge in [0.25, 0.3) is 0 Å². The first kappa shape index (κ1) is 19.0. The summed E-state index contributed by atoms with van der Waals surface area (Å²) in [6.45, 7) is 1.90. The van der Waals surface area contributed by atoms with Gasteiger partial charge in [0, 0.05) is 29.8 Å². The minimum Gasteiger partial charge on any atom is -0.493 e. The molecule has 0 amide bonds. The molecule has 3 aromatic rings. The lowest BCUT2D eigenvalue weighted by Crippen LogP contribution is -2.02. The van der Waals surface area contributed by atoms with Gasteiger partial charge in [-0.3, -0.25) is 0 Å². The van der Waals surface area contributed by atoms with E-state index in [0.717, 1.165) is 46.0 Å². The SMILES string of the molecule is Cn1c(SCCOc2ccc(Cl)cc2)nnc1-c1ccc2c(c1)OCCCO2. The fraction of sp³-hybridized carbons (Fsp3) is 0.300. The first-order valence-corrected chi connectivity index (χ1v) is 10.4. The summed E-state index contributed by atoms with van der Waals surface area (Å²) >= 11 is 7.48. The van der Waals surface area contributed by atoms with E-state index >= 15 is 0 Å². The Kier molecular flexibility index (Phi) is 5.92. The standard InChI is InChI=1S/C20H20ClN3O3S/c1-24-19(14-3-8-17-18(13-14)27-10-2-9-26-17)22-23-20(24)28-12-11-25-16-6-4-15(21)5-7-16/h3-8,13H,2,9-12H2,1H3. The summed E-state index contributed by atoms with van der Waals surface area (Å²) in [4.78, 5) is 0. The third-order valence-electron chi connectivity index (χ3n) is 4.24. The molecule has 0 radical (unpaired) electrons. The van der Waals surface area contributed by atoms with E-state index in [-0.39, 0.29) is 0 Å². The molecule has 28 heavy (non-hydrogen) atoms. The molecule has 0 saturated heterocycles. The van der Waals surface area contributed by atoms with Gasteiger partial charge in [-0.05, 0) is 42.5 Å². The monoisotopic (exact) mass is 417 g/mol. The van der Waals surface area contributed by atoms with Gasteiger partial charge in [0.1, 0.15) is 5.75 Å². The number of ether oxygens (including phenoxy) is 3. The van der Waals surface area contributed by atoms with Gasteiger partial charge in [-0.15, -0.1) is 10.2 Å². The number of rotatable bonds is 6. The average molecular weight is 418 g/mol. The third-order valence-corrected chi connectivity index (χ3v) is 5.47. The number of aromatic nitrogens is 3. The third kappa shape index (κ3) is 4.36. The molecule has 6 nitrogen and oxygen atoms in total. The van der Waals surface area contributed by atoms with Gasteiger partial charge in [-0.1, -0.05) is 23.4 Å². The Hall–Kier alpha value is -2.38. The zero-order valence-corrected chi connectivity index (χ0v) is 17.0. The summed E-state index contributed by atoms with van der Waals surface area (Å²) in [5, 5.41) is 10.2. The van der Waals surface area contributed by atoms with Crippen molar-refractivity contribution in [2.45, 2.75) is 11.6 Å². The highest BCUT2D eigenvalue weighted by molar-refractivity contribution is 7.99. The van der Waals surface area contributed by atoms with Crippen molar-refractivity contribution in [3.63, 3.8) is 0 Å². The second kappa shape index (κ2) is 8.75. The number of benzene rings is 2. The number of hydrogen-bond donors (Lipinski definition) is 0. The molecule has 0 unspecified atom stereocenters. The molecule has 8 heteroatoms. The van der Waals surface area contributed by atoms with Crippen molar-refractivity contribution in [2.24, 2.45) is 7.05 Å². The van der Waals surface area contributed by atoms with E-state index in [1.165, 1.54) is 0 Å². The Bertz CT molecular complexity index is 946. The zero-order chi connectivity index (χ0) is 19.3. The van der Waals surface area contributed by atoms with Gasteiger partial charge in [0.2, 0.25) is 0 Å². The molecule has 1 aliphatic rings. The van der Waals surface area contributed by atoms with Crippen LogP contribution in [0, 0.1) is 0 Å². The highest BCUT2D eigenvalue weighted by Gasteiger charge is 2.16. The summed E-state index contributed by atoms with van der Waals surface area (Å²) in [6, 6.07) is 13.2. The molecule has 4 rings (SSSR count). The minimum absolute atomic E-state index is 0.568. The highest BCUT2D eigenvalue weighted by atomic mass is 35.5. The van der Waals surface area contributed by atoms with Crippen LogP contribution in [0.15, 0.2) is 47.6 Å². The molecule has 1 aliphatic heterocycles. The van der Waals surface area contributed by atoms with Crippen molar-refractivity contribution in [3.8, 4) is 28.6 Å². The minimum atomic E-state index is 0.568. The van der Waals surface area contributed by atoms with E-state index in [4.69, 9.17) is 25.8 Å². The van der Waals surface area contributed by atoms with Gasteiger partial charge in [-0.2, -0.15) is 0 Å². The predicted octanol–water partition coefficient (Wildman–Crippen LogP) is 4.47. The van der Waals surface area contributed by atoms with Gasteiger partial charge >= 0.3 is 0 Å². The van der Waals surface area contributed by atoms with Crippen LogP contribution in [0.2, 0.25) is 5.02 Å². The molecule has 0 bridgehead atoms. The number of hydrogen-bond acceptors (Lipinski definition) is 6.